The number of fused-ring (bicyclic) bond motifs is 1. The molecule has 6 nitrogen and oxygen atoms in total. The number of esters is 2. The van der Waals surface area contributed by atoms with Crippen molar-refractivity contribution in [3.05, 3.63) is 37.4 Å². The minimum atomic E-state index is -0.487. The number of amides is 1. The van der Waals surface area contributed by atoms with Crippen molar-refractivity contribution in [3.8, 4) is 0 Å². The van der Waals surface area contributed by atoms with Crippen LogP contribution in [0.25, 0.3) is 0 Å². The van der Waals surface area contributed by atoms with Crippen molar-refractivity contribution < 1.29 is 23.9 Å². The zero-order valence-electron chi connectivity index (χ0n) is 16.2. The molecule has 0 radical (unpaired) electrons. The largest absolute Gasteiger partial charge is 0.462 e. The van der Waals surface area contributed by atoms with Crippen LogP contribution in [0.4, 0.5) is 5.00 Å². The summed E-state index contributed by atoms with van der Waals surface area (Å²) >= 11 is 2.75. The van der Waals surface area contributed by atoms with Crippen LogP contribution in [0.5, 0.6) is 0 Å². The maximum Gasteiger partial charge on any atom is 0.348 e. The zero-order valence-corrected chi connectivity index (χ0v) is 17.8. The number of hydrogen-bond donors (Lipinski definition) is 1. The molecular formula is C20H23NO5S2. The van der Waals surface area contributed by atoms with Gasteiger partial charge in [-0.1, -0.05) is 0 Å². The first-order valence-corrected chi connectivity index (χ1v) is 10.9. The van der Waals surface area contributed by atoms with E-state index in [1.165, 1.54) is 33.1 Å². The normalized spacial score (nSPS) is 13.0. The van der Waals surface area contributed by atoms with E-state index >= 15 is 0 Å². The molecule has 0 bridgehead atoms. The standard InChI is InChI=1S/C20H23NO5S2/c1-4-25-20(24)17-11(2)12(3)27-18(17)21-16(22)10-26-19(23)15-9-13-7-5-6-8-14(13)28-15/h9H,4-8,10H2,1-3H3,(H,21,22). The van der Waals surface area contributed by atoms with Crippen molar-refractivity contribution in [2.45, 2.75) is 46.5 Å². The van der Waals surface area contributed by atoms with Gasteiger partial charge in [0.05, 0.1) is 12.2 Å². The van der Waals surface area contributed by atoms with Crippen LogP contribution < -0.4 is 5.32 Å². The van der Waals surface area contributed by atoms with Gasteiger partial charge in [-0.25, -0.2) is 9.59 Å². The molecule has 0 aromatic carbocycles. The van der Waals surface area contributed by atoms with Gasteiger partial charge in [-0.3, -0.25) is 4.79 Å². The van der Waals surface area contributed by atoms with Crippen molar-refractivity contribution >= 4 is 45.5 Å². The Labute approximate surface area is 171 Å². The smallest absolute Gasteiger partial charge is 0.348 e. The number of carbonyl (C=O) groups excluding carboxylic acids is 3. The Bertz CT molecular complexity index is 889. The molecule has 28 heavy (non-hydrogen) atoms. The molecule has 0 saturated carbocycles. The third-order valence-corrected chi connectivity index (χ3v) is 6.99. The molecule has 2 heterocycles. The van der Waals surface area contributed by atoms with E-state index in [4.69, 9.17) is 9.47 Å². The van der Waals surface area contributed by atoms with Gasteiger partial charge in [-0.05, 0) is 63.6 Å². The van der Waals surface area contributed by atoms with Crippen molar-refractivity contribution in [1.82, 2.24) is 0 Å². The number of anilines is 1. The summed E-state index contributed by atoms with van der Waals surface area (Å²) < 4.78 is 10.2. The van der Waals surface area contributed by atoms with Crippen LogP contribution in [0.1, 0.15) is 60.7 Å². The van der Waals surface area contributed by atoms with Gasteiger partial charge in [0.1, 0.15) is 9.88 Å². The Morgan fingerprint density at radius 3 is 2.54 bits per heavy atom. The van der Waals surface area contributed by atoms with E-state index in [1.807, 2.05) is 19.9 Å². The van der Waals surface area contributed by atoms with Gasteiger partial charge in [-0.2, -0.15) is 0 Å². The Kier molecular flexibility index (Phi) is 6.51. The molecule has 1 N–H and O–H groups in total. The van der Waals surface area contributed by atoms with E-state index in [1.54, 1.807) is 6.92 Å². The molecule has 2 aromatic heterocycles. The first-order valence-electron chi connectivity index (χ1n) is 9.26. The van der Waals surface area contributed by atoms with Crippen molar-refractivity contribution in [3.63, 3.8) is 0 Å². The average molecular weight is 422 g/mol. The number of aryl methyl sites for hydroxylation is 3. The molecule has 0 saturated heterocycles. The minimum Gasteiger partial charge on any atom is -0.462 e. The summed E-state index contributed by atoms with van der Waals surface area (Å²) in [4.78, 5) is 39.4. The maximum absolute atomic E-state index is 12.3. The summed E-state index contributed by atoms with van der Waals surface area (Å²) in [6, 6.07) is 1.88. The molecule has 0 atom stereocenters. The van der Waals surface area contributed by atoms with Crippen LogP contribution in [0.2, 0.25) is 0 Å². The molecule has 0 fully saturated rings. The SMILES string of the molecule is CCOC(=O)c1c(NC(=O)COC(=O)c2cc3c(s2)CCCC3)sc(C)c1C. The fourth-order valence-corrected chi connectivity index (χ4v) is 5.33. The fourth-order valence-electron chi connectivity index (χ4n) is 3.12. The number of ether oxygens (including phenoxy) is 2. The Morgan fingerprint density at radius 2 is 1.82 bits per heavy atom. The van der Waals surface area contributed by atoms with Crippen LogP contribution in [0.15, 0.2) is 6.07 Å². The van der Waals surface area contributed by atoms with Gasteiger partial charge in [-0.15, -0.1) is 22.7 Å². The maximum atomic E-state index is 12.3. The third-order valence-electron chi connectivity index (χ3n) is 4.65. The lowest BCUT2D eigenvalue weighted by molar-refractivity contribution is -0.119. The second kappa shape index (κ2) is 8.87. The first-order chi connectivity index (χ1) is 13.4. The molecule has 0 unspecified atom stereocenters. The van der Waals surface area contributed by atoms with Crippen LogP contribution >= 0.6 is 22.7 Å². The highest BCUT2D eigenvalue weighted by Crippen LogP contribution is 2.33. The van der Waals surface area contributed by atoms with Crippen molar-refractivity contribution in [1.29, 1.82) is 0 Å². The summed E-state index contributed by atoms with van der Waals surface area (Å²) in [5.74, 6) is -1.44. The van der Waals surface area contributed by atoms with Gasteiger partial charge in [0.2, 0.25) is 0 Å². The van der Waals surface area contributed by atoms with Crippen LogP contribution in [-0.2, 0) is 27.1 Å². The summed E-state index contributed by atoms with van der Waals surface area (Å²) in [7, 11) is 0. The summed E-state index contributed by atoms with van der Waals surface area (Å²) in [5.41, 5.74) is 2.35. The lowest BCUT2D eigenvalue weighted by Gasteiger charge is -2.08. The molecule has 150 valence electrons. The molecule has 2 aromatic rings. The zero-order chi connectivity index (χ0) is 20.3. The van der Waals surface area contributed by atoms with Crippen LogP contribution in [-0.4, -0.2) is 31.1 Å². The molecule has 0 aliphatic heterocycles. The van der Waals surface area contributed by atoms with E-state index in [0.29, 0.717) is 15.4 Å². The third kappa shape index (κ3) is 4.44. The molecule has 8 heteroatoms. The highest BCUT2D eigenvalue weighted by Gasteiger charge is 2.23. The van der Waals surface area contributed by atoms with Gasteiger partial charge in [0, 0.05) is 9.75 Å². The molecular weight excluding hydrogens is 398 g/mol. The highest BCUT2D eigenvalue weighted by atomic mass is 32.1. The quantitative estimate of drug-likeness (QED) is 0.704. The van der Waals surface area contributed by atoms with Crippen molar-refractivity contribution in [2.75, 3.05) is 18.5 Å². The van der Waals surface area contributed by atoms with E-state index in [-0.39, 0.29) is 6.61 Å². The number of thiophene rings is 2. The lowest BCUT2D eigenvalue weighted by Crippen LogP contribution is -2.21. The number of rotatable bonds is 6. The second-order valence-corrected chi connectivity index (χ2v) is 8.96. The van der Waals surface area contributed by atoms with E-state index in [9.17, 15) is 14.4 Å². The molecule has 3 rings (SSSR count). The Hall–Kier alpha value is -2.19. The van der Waals surface area contributed by atoms with Gasteiger partial charge in [0.25, 0.3) is 5.91 Å². The minimum absolute atomic E-state index is 0.253. The Balaban J connectivity index is 1.61. The molecule has 1 amide bonds. The molecule has 1 aliphatic carbocycles. The van der Waals surface area contributed by atoms with Crippen molar-refractivity contribution in [2.24, 2.45) is 0 Å². The van der Waals surface area contributed by atoms with Crippen LogP contribution in [0.3, 0.4) is 0 Å². The predicted molar refractivity (Wildman–Crippen MR) is 110 cm³/mol. The van der Waals surface area contributed by atoms with Gasteiger partial charge in [0.15, 0.2) is 6.61 Å². The second-order valence-electron chi connectivity index (χ2n) is 6.60. The van der Waals surface area contributed by atoms with Crippen LogP contribution in [0, 0.1) is 13.8 Å². The average Bonchev–Trinajstić information content (AvgIpc) is 3.21. The lowest BCUT2D eigenvalue weighted by atomic mass is 9.99. The number of carbonyl (C=O) groups is 3. The predicted octanol–water partition coefficient (Wildman–Crippen LogP) is 4.28. The summed E-state index contributed by atoms with van der Waals surface area (Å²) in [6.07, 6.45) is 4.28. The highest BCUT2D eigenvalue weighted by molar-refractivity contribution is 7.16. The monoisotopic (exact) mass is 421 g/mol. The topological polar surface area (TPSA) is 81.7 Å². The first kappa shape index (κ1) is 20.5. The van der Waals surface area contributed by atoms with E-state index in [0.717, 1.165) is 36.1 Å². The number of nitrogens with one attached hydrogen (secondary N) is 1. The summed E-state index contributed by atoms with van der Waals surface area (Å²) in [6.45, 7) is 5.26. The van der Waals surface area contributed by atoms with Gasteiger partial charge >= 0.3 is 11.9 Å². The van der Waals surface area contributed by atoms with E-state index in [2.05, 4.69) is 5.32 Å². The number of hydrogen-bond acceptors (Lipinski definition) is 7. The molecule has 0 spiro atoms. The summed E-state index contributed by atoms with van der Waals surface area (Å²) in [5, 5.41) is 3.09. The van der Waals surface area contributed by atoms with Gasteiger partial charge < -0.3 is 14.8 Å². The molecule has 1 aliphatic rings. The Morgan fingerprint density at radius 1 is 1.07 bits per heavy atom. The van der Waals surface area contributed by atoms with E-state index < -0.39 is 24.5 Å². The fraction of sp³-hybridized carbons (Fsp3) is 0.450.